The summed E-state index contributed by atoms with van der Waals surface area (Å²) < 4.78 is 8.42. The van der Waals surface area contributed by atoms with Gasteiger partial charge in [-0.1, -0.05) is 11.8 Å². The summed E-state index contributed by atoms with van der Waals surface area (Å²) in [5.41, 5.74) is 0.949. The quantitative estimate of drug-likeness (QED) is 0.539. The van der Waals surface area contributed by atoms with Gasteiger partial charge < -0.3 is 8.98 Å². The van der Waals surface area contributed by atoms with Crippen LogP contribution in [0.4, 0.5) is 0 Å². The zero-order valence-corrected chi connectivity index (χ0v) is 13.6. The third kappa shape index (κ3) is 2.92. The predicted octanol–water partition coefficient (Wildman–Crippen LogP) is 1.42. The van der Waals surface area contributed by atoms with Crippen LogP contribution in [0.5, 0.6) is 0 Å². The van der Waals surface area contributed by atoms with Crippen molar-refractivity contribution >= 4 is 17.4 Å². The first kappa shape index (κ1) is 15.2. The van der Waals surface area contributed by atoms with Crippen molar-refractivity contribution in [3.8, 4) is 6.07 Å². The van der Waals surface area contributed by atoms with Gasteiger partial charge in [0.05, 0.1) is 18.5 Å². The normalized spacial score (nSPS) is 11.0. The Morgan fingerprint density at radius 1 is 1.44 bits per heavy atom. The second-order valence-electron chi connectivity index (χ2n) is 5.15. The summed E-state index contributed by atoms with van der Waals surface area (Å²) in [7, 11) is 0. The van der Waals surface area contributed by atoms with Crippen LogP contribution in [-0.4, -0.2) is 29.4 Å². The molecule has 4 aromatic heterocycles. The number of fused-ring (bicyclic) bond motifs is 1. The van der Waals surface area contributed by atoms with E-state index in [4.69, 9.17) is 9.68 Å². The van der Waals surface area contributed by atoms with Gasteiger partial charge in [-0.25, -0.2) is 9.50 Å². The molecule has 0 aromatic carbocycles. The lowest BCUT2D eigenvalue weighted by Crippen LogP contribution is -2.15. The van der Waals surface area contributed by atoms with E-state index in [9.17, 15) is 4.79 Å². The highest BCUT2D eigenvalue weighted by molar-refractivity contribution is 7.98. The second-order valence-corrected chi connectivity index (χ2v) is 6.10. The molecular weight excluding hydrogens is 342 g/mol. The molecule has 0 unspecified atom stereocenters. The first-order chi connectivity index (χ1) is 12.2. The molecule has 0 amide bonds. The summed E-state index contributed by atoms with van der Waals surface area (Å²) in [5, 5.41) is 20.5. The minimum atomic E-state index is -0.265. The highest BCUT2D eigenvalue weighted by atomic mass is 32.2. The van der Waals surface area contributed by atoms with Gasteiger partial charge in [0.1, 0.15) is 23.7 Å². The van der Waals surface area contributed by atoms with Crippen LogP contribution in [0.3, 0.4) is 0 Å². The monoisotopic (exact) mass is 353 g/mol. The lowest BCUT2D eigenvalue weighted by Gasteiger charge is -2.04. The number of furan rings is 1. The Balaban J connectivity index is 1.56. The van der Waals surface area contributed by atoms with Gasteiger partial charge in [-0.05, 0) is 12.1 Å². The fourth-order valence-corrected chi connectivity index (χ4v) is 3.17. The SMILES string of the molecule is N#Cc1c[nH]n2c(=O)cc(CSc3nncn3Cc3ccco3)nc12. The van der Waals surface area contributed by atoms with Crippen LogP contribution < -0.4 is 5.56 Å². The van der Waals surface area contributed by atoms with E-state index in [1.807, 2.05) is 22.8 Å². The van der Waals surface area contributed by atoms with E-state index in [-0.39, 0.29) is 5.56 Å². The van der Waals surface area contributed by atoms with Crippen molar-refractivity contribution in [2.75, 3.05) is 0 Å². The fourth-order valence-electron chi connectivity index (χ4n) is 2.36. The highest BCUT2D eigenvalue weighted by Gasteiger charge is 2.11. The minimum Gasteiger partial charge on any atom is -0.467 e. The summed E-state index contributed by atoms with van der Waals surface area (Å²) in [5.74, 6) is 1.23. The molecule has 0 bridgehead atoms. The standard InChI is InChI=1S/C15H11N7O2S/c16-5-10-6-18-22-13(23)4-11(19-14(10)22)8-25-15-20-17-9-21(15)7-12-2-1-3-24-12/h1-4,6,9,18H,7-8H2. The Labute approximate surface area is 144 Å². The third-order valence-electron chi connectivity index (χ3n) is 3.51. The molecule has 0 saturated heterocycles. The number of aromatic amines is 1. The smallest absolute Gasteiger partial charge is 0.272 e. The van der Waals surface area contributed by atoms with E-state index in [2.05, 4.69) is 20.3 Å². The Bertz CT molecular complexity index is 1120. The van der Waals surface area contributed by atoms with Gasteiger partial charge >= 0.3 is 0 Å². The van der Waals surface area contributed by atoms with E-state index in [1.165, 1.54) is 28.5 Å². The summed E-state index contributed by atoms with van der Waals surface area (Å²) in [6.07, 6.45) is 4.69. The van der Waals surface area contributed by atoms with Crippen molar-refractivity contribution in [2.45, 2.75) is 17.5 Å². The van der Waals surface area contributed by atoms with Crippen molar-refractivity contribution in [3.63, 3.8) is 0 Å². The van der Waals surface area contributed by atoms with Gasteiger partial charge in [-0.2, -0.15) is 5.26 Å². The maximum Gasteiger partial charge on any atom is 0.272 e. The van der Waals surface area contributed by atoms with Crippen molar-refractivity contribution < 1.29 is 4.42 Å². The molecule has 0 fully saturated rings. The fraction of sp³-hybridized carbons (Fsp3) is 0.133. The highest BCUT2D eigenvalue weighted by Crippen LogP contribution is 2.20. The van der Waals surface area contributed by atoms with Gasteiger partial charge in [-0.15, -0.1) is 10.2 Å². The van der Waals surface area contributed by atoms with E-state index >= 15 is 0 Å². The number of thioether (sulfide) groups is 1. The van der Waals surface area contributed by atoms with Gasteiger partial charge in [0.15, 0.2) is 10.8 Å². The minimum absolute atomic E-state index is 0.265. The van der Waals surface area contributed by atoms with E-state index in [0.29, 0.717) is 34.4 Å². The molecule has 4 rings (SSSR count). The molecule has 9 nitrogen and oxygen atoms in total. The van der Waals surface area contributed by atoms with Crippen molar-refractivity contribution in [2.24, 2.45) is 0 Å². The zero-order valence-electron chi connectivity index (χ0n) is 12.8. The van der Waals surface area contributed by atoms with E-state index in [1.54, 1.807) is 12.6 Å². The number of H-pyrrole nitrogens is 1. The first-order valence-corrected chi connectivity index (χ1v) is 8.26. The Kier molecular flexibility index (Phi) is 3.83. The van der Waals surface area contributed by atoms with Gasteiger partial charge in [-0.3, -0.25) is 9.89 Å². The van der Waals surface area contributed by atoms with Gasteiger partial charge in [0, 0.05) is 18.0 Å². The topological polar surface area (TPSA) is 118 Å². The van der Waals surface area contributed by atoms with Crippen LogP contribution in [0.15, 0.2) is 51.4 Å². The van der Waals surface area contributed by atoms with Crippen LogP contribution in [-0.2, 0) is 12.3 Å². The summed E-state index contributed by atoms with van der Waals surface area (Å²) in [6, 6.07) is 7.14. The second kappa shape index (κ2) is 6.29. The van der Waals surface area contributed by atoms with Crippen molar-refractivity contribution in [3.05, 3.63) is 64.4 Å². The van der Waals surface area contributed by atoms with Crippen LogP contribution in [0, 0.1) is 11.3 Å². The summed E-state index contributed by atoms with van der Waals surface area (Å²) in [4.78, 5) is 16.5. The number of aromatic nitrogens is 6. The summed E-state index contributed by atoms with van der Waals surface area (Å²) >= 11 is 1.41. The molecule has 10 heteroatoms. The van der Waals surface area contributed by atoms with Gasteiger partial charge in [0.2, 0.25) is 0 Å². The largest absolute Gasteiger partial charge is 0.467 e. The number of nitrogens with zero attached hydrogens (tertiary/aromatic N) is 6. The molecule has 0 aliphatic rings. The van der Waals surface area contributed by atoms with Crippen LogP contribution in [0.25, 0.3) is 5.65 Å². The van der Waals surface area contributed by atoms with Crippen LogP contribution in [0.1, 0.15) is 17.0 Å². The molecule has 1 N–H and O–H groups in total. The molecule has 0 atom stereocenters. The lowest BCUT2D eigenvalue weighted by atomic mass is 10.3. The average molecular weight is 353 g/mol. The Morgan fingerprint density at radius 3 is 3.16 bits per heavy atom. The van der Waals surface area contributed by atoms with Crippen molar-refractivity contribution in [1.82, 2.24) is 29.4 Å². The molecule has 25 heavy (non-hydrogen) atoms. The van der Waals surface area contributed by atoms with Crippen LogP contribution >= 0.6 is 11.8 Å². The van der Waals surface area contributed by atoms with E-state index < -0.39 is 0 Å². The molecule has 0 radical (unpaired) electrons. The zero-order chi connectivity index (χ0) is 17.2. The molecule has 124 valence electrons. The number of hydrogen-bond donors (Lipinski definition) is 1. The first-order valence-electron chi connectivity index (χ1n) is 7.28. The molecular formula is C15H11N7O2S. The molecule has 0 aliphatic carbocycles. The Hall–Kier alpha value is -3.32. The molecule has 4 heterocycles. The lowest BCUT2D eigenvalue weighted by molar-refractivity contribution is 0.484. The Morgan fingerprint density at radius 2 is 2.36 bits per heavy atom. The number of nitriles is 1. The molecule has 0 saturated carbocycles. The van der Waals surface area contributed by atoms with Crippen LogP contribution in [0.2, 0.25) is 0 Å². The van der Waals surface area contributed by atoms with Gasteiger partial charge in [0.25, 0.3) is 5.56 Å². The summed E-state index contributed by atoms with van der Waals surface area (Å²) in [6.45, 7) is 0.522. The average Bonchev–Trinajstić information content (AvgIpc) is 3.34. The predicted molar refractivity (Wildman–Crippen MR) is 87.9 cm³/mol. The maximum atomic E-state index is 12.1. The third-order valence-corrected chi connectivity index (χ3v) is 4.52. The number of hydrogen-bond acceptors (Lipinski definition) is 7. The van der Waals surface area contributed by atoms with E-state index in [0.717, 1.165) is 5.76 Å². The molecule has 4 aromatic rings. The number of rotatable bonds is 5. The maximum absolute atomic E-state index is 12.1. The molecule has 0 spiro atoms. The molecule has 0 aliphatic heterocycles. The number of nitrogens with one attached hydrogen (secondary N) is 1. The van der Waals surface area contributed by atoms with Crippen molar-refractivity contribution in [1.29, 1.82) is 5.26 Å².